The van der Waals surface area contributed by atoms with Crippen molar-refractivity contribution < 1.29 is 26.5 Å². The maximum atomic E-state index is 12.6. The Morgan fingerprint density at radius 2 is 1.28 bits per heavy atom. The summed E-state index contributed by atoms with van der Waals surface area (Å²) in [5, 5.41) is 6.23. The minimum absolute atomic E-state index is 0. The first kappa shape index (κ1) is 28.7. The van der Waals surface area contributed by atoms with Gasteiger partial charge in [-0.05, 0) is 77.2 Å². The summed E-state index contributed by atoms with van der Waals surface area (Å²) in [6.07, 6.45) is 0.871. The van der Waals surface area contributed by atoms with Crippen LogP contribution in [0.4, 0.5) is 0 Å². The van der Waals surface area contributed by atoms with E-state index in [4.69, 9.17) is 4.74 Å². The van der Waals surface area contributed by atoms with Gasteiger partial charge in [0.25, 0.3) is 0 Å². The Morgan fingerprint density at radius 1 is 0.718 bits per heavy atom. The van der Waals surface area contributed by atoms with Crippen molar-refractivity contribution in [3.8, 4) is 11.1 Å². The van der Waals surface area contributed by atoms with Gasteiger partial charge < -0.3 is 21.7 Å². The smallest absolute Gasteiger partial charge is 0.338 e. The second-order valence-corrected chi connectivity index (χ2v) is 13.8. The molecule has 4 heteroatoms. The third kappa shape index (κ3) is 6.16. The molecule has 5 rings (SSSR count). The summed E-state index contributed by atoms with van der Waals surface area (Å²) in [4.78, 5) is 12.6. The van der Waals surface area contributed by atoms with E-state index in [9.17, 15) is 4.79 Å². The van der Waals surface area contributed by atoms with E-state index in [0.29, 0.717) is 18.1 Å². The lowest BCUT2D eigenvalue weighted by molar-refractivity contribution is -0.0000269. The molecule has 0 aliphatic rings. The summed E-state index contributed by atoms with van der Waals surface area (Å²) in [6.45, 7) is 7.14. The molecule has 5 aromatic carbocycles. The monoisotopic (exact) mass is 596 g/mol. The molecule has 198 valence electrons. The highest BCUT2D eigenvalue weighted by molar-refractivity contribution is 7.95. The number of carbonyl (C=O) groups excluding carboxylic acids is 1. The molecule has 0 saturated carbocycles. The van der Waals surface area contributed by atoms with Crippen molar-refractivity contribution >= 4 is 39.9 Å². The minimum Gasteiger partial charge on any atom is -1.00 e. The molecule has 0 aliphatic carbocycles. The van der Waals surface area contributed by atoms with Gasteiger partial charge in [-0.2, -0.15) is 0 Å². The molecule has 0 bridgehead atoms. The van der Waals surface area contributed by atoms with Crippen LogP contribution < -0.4 is 32.9 Å². The van der Waals surface area contributed by atoms with E-state index in [1.54, 1.807) is 0 Å². The van der Waals surface area contributed by atoms with E-state index in [1.165, 1.54) is 27.0 Å². The van der Waals surface area contributed by atoms with Crippen LogP contribution in [-0.2, 0) is 4.74 Å². The van der Waals surface area contributed by atoms with Crippen LogP contribution in [0.25, 0.3) is 21.9 Å². The average molecular weight is 598 g/mol. The van der Waals surface area contributed by atoms with Gasteiger partial charge in [0.1, 0.15) is 23.2 Å². The van der Waals surface area contributed by atoms with Gasteiger partial charge in [-0.15, -0.1) is 0 Å². The van der Waals surface area contributed by atoms with Crippen molar-refractivity contribution in [2.75, 3.05) is 13.3 Å². The molecule has 0 saturated heterocycles. The largest absolute Gasteiger partial charge is 1.00 e. The summed E-state index contributed by atoms with van der Waals surface area (Å²) < 4.78 is 5.48. The zero-order chi connectivity index (χ0) is 26.5. The van der Waals surface area contributed by atoms with Crippen molar-refractivity contribution in [2.45, 2.75) is 20.3 Å². The molecule has 0 aromatic heterocycles. The highest BCUT2D eigenvalue weighted by atomic mass is 79.9. The maximum absolute atomic E-state index is 12.6. The predicted molar refractivity (Wildman–Crippen MR) is 164 cm³/mol. The van der Waals surface area contributed by atoms with Gasteiger partial charge in [0.15, 0.2) is 0 Å². The molecule has 39 heavy (non-hydrogen) atoms. The fraction of sp³-hybridized carbons (Fsp3) is 0.171. The van der Waals surface area contributed by atoms with Gasteiger partial charge >= 0.3 is 5.97 Å². The molecule has 0 heterocycles. The predicted octanol–water partition coefficient (Wildman–Crippen LogP) is 4.64. The third-order valence-corrected chi connectivity index (χ3v) is 11.3. The number of fused-ring (bicyclic) bond motifs is 1. The Kier molecular flexibility index (Phi) is 9.38. The van der Waals surface area contributed by atoms with E-state index in [2.05, 4.69) is 124 Å². The van der Waals surface area contributed by atoms with Crippen molar-refractivity contribution in [3.05, 3.63) is 127 Å². The number of carbonyl (C=O) groups is 1. The molecule has 0 aliphatic heterocycles. The van der Waals surface area contributed by atoms with E-state index in [1.807, 2.05) is 18.2 Å². The average Bonchev–Trinajstić information content (AvgIpc) is 2.97. The highest BCUT2D eigenvalue weighted by Gasteiger charge is 2.41. The van der Waals surface area contributed by atoms with Crippen molar-refractivity contribution in [3.63, 3.8) is 0 Å². The molecule has 0 N–H and O–H groups in total. The SMILES string of the molecule is CC(C)CCOC(=O)c1ccc2cc(-c3ccccc3[P+](C)(c3ccccc3)c3ccccc3)ccc2c1.[Br-]. The Labute approximate surface area is 243 Å². The Bertz CT molecular complexity index is 1510. The van der Waals surface area contributed by atoms with Crippen LogP contribution in [0.2, 0.25) is 0 Å². The molecule has 0 spiro atoms. The molecule has 0 amide bonds. The number of hydrogen-bond acceptors (Lipinski definition) is 2. The van der Waals surface area contributed by atoms with Crippen LogP contribution in [0.3, 0.4) is 0 Å². The maximum Gasteiger partial charge on any atom is 0.338 e. The lowest BCUT2D eigenvalue weighted by Gasteiger charge is -2.25. The topological polar surface area (TPSA) is 26.3 Å². The summed E-state index contributed by atoms with van der Waals surface area (Å²) in [5.74, 6) is 0.252. The van der Waals surface area contributed by atoms with Gasteiger partial charge in [-0.3, -0.25) is 0 Å². The van der Waals surface area contributed by atoms with Crippen molar-refractivity contribution in [1.82, 2.24) is 0 Å². The van der Waals surface area contributed by atoms with Gasteiger partial charge in [-0.1, -0.05) is 86.6 Å². The first-order valence-corrected chi connectivity index (χ1v) is 15.5. The fourth-order valence-electron chi connectivity index (χ4n) is 5.00. The summed E-state index contributed by atoms with van der Waals surface area (Å²) in [5.41, 5.74) is 3.02. The summed E-state index contributed by atoms with van der Waals surface area (Å²) in [7, 11) is -1.89. The molecule has 0 atom stereocenters. The minimum atomic E-state index is -1.89. The van der Waals surface area contributed by atoms with Crippen LogP contribution in [0.5, 0.6) is 0 Å². The quantitative estimate of drug-likeness (QED) is 0.193. The van der Waals surface area contributed by atoms with Crippen LogP contribution in [0.1, 0.15) is 30.6 Å². The number of halogens is 1. The molecule has 0 unspecified atom stereocenters. The van der Waals surface area contributed by atoms with E-state index in [0.717, 1.165) is 17.2 Å². The molecule has 5 aromatic rings. The lowest BCUT2D eigenvalue weighted by atomic mass is 10.00. The van der Waals surface area contributed by atoms with Crippen molar-refractivity contribution in [2.24, 2.45) is 5.92 Å². The van der Waals surface area contributed by atoms with Crippen LogP contribution in [0, 0.1) is 5.92 Å². The summed E-state index contributed by atoms with van der Waals surface area (Å²) >= 11 is 0. The molecule has 0 radical (unpaired) electrons. The Morgan fingerprint density at radius 3 is 1.92 bits per heavy atom. The highest BCUT2D eigenvalue weighted by Crippen LogP contribution is 2.53. The lowest BCUT2D eigenvalue weighted by Crippen LogP contribution is -3.00. The second kappa shape index (κ2) is 12.7. The van der Waals surface area contributed by atoms with Crippen LogP contribution in [0.15, 0.2) is 121 Å². The first-order valence-electron chi connectivity index (χ1n) is 13.3. The normalized spacial score (nSPS) is 11.3. The standard InChI is InChI=1S/C35H34O2P.BrH/c1-26(2)22-23-37-35(36)30-21-19-27-24-29(20-18-28(27)25-30)33-16-10-11-17-34(33)38(3,31-12-6-4-7-13-31)32-14-8-5-9-15-32;/h4-21,24-26H,22-23H2,1-3H3;1H/q+1;/p-1. The van der Waals surface area contributed by atoms with Gasteiger partial charge in [-0.25, -0.2) is 4.79 Å². The van der Waals surface area contributed by atoms with Crippen LogP contribution >= 0.6 is 7.26 Å². The zero-order valence-corrected chi connectivity index (χ0v) is 25.2. The fourth-order valence-corrected chi connectivity index (χ4v) is 8.46. The van der Waals surface area contributed by atoms with Gasteiger partial charge in [0.2, 0.25) is 0 Å². The summed E-state index contributed by atoms with van der Waals surface area (Å²) in [6, 6.07) is 43.0. The van der Waals surface area contributed by atoms with Crippen LogP contribution in [-0.4, -0.2) is 19.2 Å². The van der Waals surface area contributed by atoms with E-state index in [-0.39, 0.29) is 23.0 Å². The second-order valence-electron chi connectivity index (χ2n) is 10.3. The molecule has 2 nitrogen and oxygen atoms in total. The molecular formula is C35H34BrO2P. The van der Waals surface area contributed by atoms with E-state index < -0.39 is 7.26 Å². The number of esters is 1. The zero-order valence-electron chi connectivity index (χ0n) is 22.7. The first-order chi connectivity index (χ1) is 18.5. The Hall–Kier alpha value is -3.26. The van der Waals surface area contributed by atoms with Gasteiger partial charge in [0, 0.05) is 5.56 Å². The molecular weight excluding hydrogens is 563 g/mol. The number of hydrogen-bond donors (Lipinski definition) is 0. The molecule has 0 fully saturated rings. The number of ether oxygens (including phenoxy) is 1. The Balaban J connectivity index is 0.00000353. The number of rotatable bonds is 8. The van der Waals surface area contributed by atoms with Crippen molar-refractivity contribution in [1.29, 1.82) is 0 Å². The van der Waals surface area contributed by atoms with E-state index >= 15 is 0 Å². The third-order valence-electron chi connectivity index (χ3n) is 7.25. The van der Waals surface area contributed by atoms with Gasteiger partial charge in [0.05, 0.1) is 18.8 Å². The number of benzene rings is 5.